The Morgan fingerprint density at radius 2 is 2.30 bits per heavy atom. The number of thiophene rings is 1. The van der Waals surface area contributed by atoms with E-state index in [1.807, 2.05) is 19.1 Å². The van der Waals surface area contributed by atoms with Gasteiger partial charge >= 0.3 is 5.69 Å². The maximum Gasteiger partial charge on any atom is 0.333 e. The van der Waals surface area contributed by atoms with E-state index in [9.17, 15) is 10.1 Å². The lowest BCUT2D eigenvalue weighted by Gasteiger charge is -2.04. The van der Waals surface area contributed by atoms with Gasteiger partial charge in [-0.3, -0.25) is 10.1 Å². The van der Waals surface area contributed by atoms with Crippen LogP contribution < -0.4 is 5.32 Å². The Kier molecular flexibility index (Phi) is 4.77. The third kappa shape index (κ3) is 3.18. The Morgan fingerprint density at radius 1 is 1.55 bits per heavy atom. The number of anilines is 1. The van der Waals surface area contributed by atoms with Crippen molar-refractivity contribution in [3.05, 3.63) is 36.6 Å². The lowest BCUT2D eigenvalue weighted by atomic mass is 10.3. The first-order valence-electron chi connectivity index (χ1n) is 6.21. The second-order valence-electron chi connectivity index (χ2n) is 4.26. The first kappa shape index (κ1) is 15.0. The van der Waals surface area contributed by atoms with Gasteiger partial charge in [0.1, 0.15) is 5.69 Å². The van der Waals surface area contributed by atoms with Crippen LogP contribution in [0, 0.1) is 10.1 Å². The molecular weight excluding hydrogens is 344 g/mol. The zero-order chi connectivity index (χ0) is 14.7. The predicted molar refractivity (Wildman–Crippen MR) is 83.5 cm³/mol. The molecule has 0 aliphatic rings. The summed E-state index contributed by atoms with van der Waals surface area (Å²) in [4.78, 5) is 12.0. The van der Waals surface area contributed by atoms with Crippen LogP contribution in [0.2, 0.25) is 0 Å². The molecule has 0 radical (unpaired) electrons. The SMILES string of the molecule is CCc1nn(C)c(NCCc2ccc(Br)s2)c1[N+](=O)[O-]. The molecule has 8 heteroatoms. The number of hydrogen-bond donors (Lipinski definition) is 1. The number of hydrogen-bond acceptors (Lipinski definition) is 5. The molecule has 0 spiro atoms. The molecule has 108 valence electrons. The zero-order valence-corrected chi connectivity index (χ0v) is 13.6. The van der Waals surface area contributed by atoms with E-state index in [1.165, 1.54) is 4.88 Å². The summed E-state index contributed by atoms with van der Waals surface area (Å²) in [5.74, 6) is 0.475. The number of halogens is 1. The molecule has 0 unspecified atom stereocenters. The van der Waals surface area contributed by atoms with E-state index in [4.69, 9.17) is 0 Å². The smallest absolute Gasteiger partial charge is 0.333 e. The van der Waals surface area contributed by atoms with Crippen LogP contribution in [0.5, 0.6) is 0 Å². The van der Waals surface area contributed by atoms with Crippen molar-refractivity contribution in [3.63, 3.8) is 0 Å². The van der Waals surface area contributed by atoms with Crippen molar-refractivity contribution in [1.29, 1.82) is 0 Å². The molecule has 0 atom stereocenters. The van der Waals surface area contributed by atoms with E-state index in [-0.39, 0.29) is 10.6 Å². The van der Waals surface area contributed by atoms with Gasteiger partial charge in [0.05, 0.1) is 8.71 Å². The van der Waals surface area contributed by atoms with Crippen molar-refractivity contribution in [2.24, 2.45) is 7.05 Å². The number of aromatic nitrogens is 2. The molecular formula is C12H15BrN4O2S. The van der Waals surface area contributed by atoms with Gasteiger partial charge in [-0.1, -0.05) is 6.92 Å². The highest BCUT2D eigenvalue weighted by Crippen LogP contribution is 2.28. The average molecular weight is 359 g/mol. The number of nitro groups is 1. The van der Waals surface area contributed by atoms with Crippen LogP contribution in [-0.4, -0.2) is 21.2 Å². The highest BCUT2D eigenvalue weighted by Gasteiger charge is 2.25. The highest BCUT2D eigenvalue weighted by molar-refractivity contribution is 9.11. The van der Waals surface area contributed by atoms with Gasteiger partial charge in [-0.25, -0.2) is 4.68 Å². The lowest BCUT2D eigenvalue weighted by molar-refractivity contribution is -0.384. The Bertz CT molecular complexity index is 623. The summed E-state index contributed by atoms with van der Waals surface area (Å²) in [6.45, 7) is 2.50. The quantitative estimate of drug-likeness (QED) is 0.634. The summed E-state index contributed by atoms with van der Waals surface area (Å²) in [5.41, 5.74) is 0.598. The number of nitrogens with zero attached hydrogens (tertiary/aromatic N) is 3. The van der Waals surface area contributed by atoms with Gasteiger partial charge in [-0.05, 0) is 40.9 Å². The monoisotopic (exact) mass is 358 g/mol. The molecule has 1 N–H and O–H groups in total. The third-order valence-electron chi connectivity index (χ3n) is 2.90. The second-order valence-corrected chi connectivity index (χ2v) is 6.81. The minimum Gasteiger partial charge on any atom is -0.364 e. The third-order valence-corrected chi connectivity index (χ3v) is 4.59. The van der Waals surface area contributed by atoms with E-state index in [0.717, 1.165) is 10.2 Å². The Morgan fingerprint density at radius 3 is 2.85 bits per heavy atom. The van der Waals surface area contributed by atoms with Crippen molar-refractivity contribution < 1.29 is 4.92 Å². The molecule has 2 aromatic rings. The molecule has 0 saturated heterocycles. The van der Waals surface area contributed by atoms with Crippen LogP contribution >= 0.6 is 27.3 Å². The van der Waals surface area contributed by atoms with Gasteiger partial charge in [-0.15, -0.1) is 11.3 Å². The van der Waals surface area contributed by atoms with Crippen molar-refractivity contribution in [2.45, 2.75) is 19.8 Å². The number of nitrogens with one attached hydrogen (secondary N) is 1. The fraction of sp³-hybridized carbons (Fsp3) is 0.417. The van der Waals surface area contributed by atoms with E-state index in [0.29, 0.717) is 24.5 Å². The number of aryl methyl sites for hydroxylation is 2. The minimum absolute atomic E-state index is 0.0855. The Hall–Kier alpha value is -1.41. The van der Waals surface area contributed by atoms with Gasteiger partial charge < -0.3 is 5.32 Å². The van der Waals surface area contributed by atoms with Gasteiger partial charge in [-0.2, -0.15) is 5.10 Å². The molecule has 0 aliphatic heterocycles. The molecule has 20 heavy (non-hydrogen) atoms. The van der Waals surface area contributed by atoms with E-state index in [2.05, 4.69) is 26.3 Å². The van der Waals surface area contributed by atoms with E-state index < -0.39 is 0 Å². The Balaban J connectivity index is 2.09. The first-order valence-corrected chi connectivity index (χ1v) is 7.82. The van der Waals surface area contributed by atoms with Crippen LogP contribution in [0.4, 0.5) is 11.5 Å². The van der Waals surface area contributed by atoms with Gasteiger partial charge in [0.15, 0.2) is 0 Å². The maximum absolute atomic E-state index is 11.2. The molecule has 0 aromatic carbocycles. The molecule has 6 nitrogen and oxygen atoms in total. The van der Waals surface area contributed by atoms with Crippen molar-refractivity contribution in [2.75, 3.05) is 11.9 Å². The van der Waals surface area contributed by atoms with Crippen LogP contribution in [0.25, 0.3) is 0 Å². The molecule has 0 saturated carbocycles. The topological polar surface area (TPSA) is 73.0 Å². The predicted octanol–water partition coefficient (Wildman–Crippen LogP) is 3.37. The van der Waals surface area contributed by atoms with E-state index in [1.54, 1.807) is 23.1 Å². The summed E-state index contributed by atoms with van der Waals surface area (Å²) in [6.07, 6.45) is 1.36. The molecule has 2 heterocycles. The minimum atomic E-state index is -0.365. The average Bonchev–Trinajstić information content (AvgIpc) is 2.94. The summed E-state index contributed by atoms with van der Waals surface area (Å²) in [6, 6.07) is 4.05. The molecule has 2 rings (SSSR count). The summed E-state index contributed by atoms with van der Waals surface area (Å²) in [7, 11) is 1.72. The van der Waals surface area contributed by atoms with Gasteiger partial charge in [0, 0.05) is 18.5 Å². The van der Waals surface area contributed by atoms with Crippen molar-refractivity contribution in [3.8, 4) is 0 Å². The van der Waals surface area contributed by atoms with Crippen molar-refractivity contribution in [1.82, 2.24) is 9.78 Å². The maximum atomic E-state index is 11.2. The second kappa shape index (κ2) is 6.36. The molecule has 0 aliphatic carbocycles. The summed E-state index contributed by atoms with van der Waals surface area (Å²) in [5, 5.41) is 18.5. The van der Waals surface area contributed by atoms with Crippen LogP contribution in [-0.2, 0) is 19.9 Å². The van der Waals surface area contributed by atoms with Gasteiger partial charge in [0.2, 0.25) is 5.82 Å². The lowest BCUT2D eigenvalue weighted by Crippen LogP contribution is -2.09. The van der Waals surface area contributed by atoms with E-state index >= 15 is 0 Å². The zero-order valence-electron chi connectivity index (χ0n) is 11.2. The summed E-state index contributed by atoms with van der Waals surface area (Å²) < 4.78 is 2.63. The Labute approximate surface area is 129 Å². The van der Waals surface area contributed by atoms with Crippen LogP contribution in [0.3, 0.4) is 0 Å². The fourth-order valence-electron chi connectivity index (χ4n) is 1.99. The molecule has 2 aromatic heterocycles. The highest BCUT2D eigenvalue weighted by atomic mass is 79.9. The summed E-state index contributed by atoms with van der Waals surface area (Å²) >= 11 is 5.09. The van der Waals surface area contributed by atoms with Crippen LogP contribution in [0.15, 0.2) is 15.9 Å². The van der Waals surface area contributed by atoms with Crippen molar-refractivity contribution >= 4 is 38.8 Å². The van der Waals surface area contributed by atoms with Gasteiger partial charge in [0.25, 0.3) is 0 Å². The fourth-order valence-corrected chi connectivity index (χ4v) is 3.47. The standard InChI is InChI=1S/C12H15BrN4O2S/c1-3-9-11(17(18)19)12(16(2)15-9)14-7-6-8-4-5-10(13)20-8/h4-5,14H,3,6-7H2,1-2H3. The molecule has 0 amide bonds. The molecule has 0 bridgehead atoms. The number of rotatable bonds is 6. The molecule has 0 fully saturated rings. The van der Waals surface area contributed by atoms with Crippen LogP contribution in [0.1, 0.15) is 17.5 Å². The largest absolute Gasteiger partial charge is 0.364 e. The normalized spacial score (nSPS) is 10.8. The first-order chi connectivity index (χ1) is 9.52.